The highest BCUT2D eigenvalue weighted by atomic mass is 32.1. The number of anilines is 2. The SMILES string of the molecule is Cc1c(OCC(C)CC2CCN(CC(=O)O)CC2)cccc1-c1ccc(N2CCc3cccc(C(=O)Nc4nc5ccccc5s4)c3C2)nc1C(=O)OC(C)(C)C. The summed E-state index contributed by atoms with van der Waals surface area (Å²) < 4.78 is 13.4. The number of benzene rings is 3. The average Bonchev–Trinajstić information content (AvgIpc) is 3.59. The molecule has 1 fully saturated rings. The van der Waals surface area contributed by atoms with Gasteiger partial charge in [0.1, 0.15) is 17.2 Å². The first-order valence-electron chi connectivity index (χ1n) is 19.7. The number of aromatic nitrogens is 2. The number of para-hydroxylation sites is 1. The fourth-order valence-electron chi connectivity index (χ4n) is 7.91. The van der Waals surface area contributed by atoms with Crippen LogP contribution < -0.4 is 15.0 Å². The number of rotatable bonds is 12. The van der Waals surface area contributed by atoms with Crippen LogP contribution in [0.25, 0.3) is 21.3 Å². The van der Waals surface area contributed by atoms with E-state index >= 15 is 0 Å². The molecule has 0 spiro atoms. The standard InChI is InChI=1S/C45H51N5O6S/c1-28(24-30-18-21-49(22-19-30)26-40(51)52)27-55-37-14-9-11-32(29(37)2)33-16-17-39(47-41(33)43(54)56-45(3,4)5)50-23-20-31-10-8-12-34(35(31)25-50)42(53)48-44-46-36-13-6-7-15-38(36)57-44/h6-17,28,30H,18-27H2,1-5H3,(H,51,52)(H,46,48,53). The van der Waals surface area contributed by atoms with Crippen LogP contribution in [0.1, 0.15) is 84.5 Å². The summed E-state index contributed by atoms with van der Waals surface area (Å²) in [5.41, 5.74) is 5.35. The second kappa shape index (κ2) is 17.0. The van der Waals surface area contributed by atoms with E-state index in [2.05, 4.69) is 28.2 Å². The minimum Gasteiger partial charge on any atom is -0.493 e. The van der Waals surface area contributed by atoms with E-state index in [1.165, 1.54) is 11.3 Å². The van der Waals surface area contributed by atoms with E-state index in [0.29, 0.717) is 60.0 Å². The molecule has 1 unspecified atom stereocenters. The van der Waals surface area contributed by atoms with Gasteiger partial charge in [0, 0.05) is 24.2 Å². The number of likely N-dealkylation sites (tertiary alicyclic amines) is 1. The summed E-state index contributed by atoms with van der Waals surface area (Å²) in [7, 11) is 0. The minimum atomic E-state index is -0.773. The molecule has 0 bridgehead atoms. The Bertz CT molecular complexity index is 2240. The predicted octanol–water partition coefficient (Wildman–Crippen LogP) is 8.64. The molecule has 1 saturated heterocycles. The van der Waals surface area contributed by atoms with Gasteiger partial charge in [0.05, 0.1) is 23.4 Å². The molecule has 7 rings (SSSR count). The molecule has 11 nitrogen and oxygen atoms in total. The first-order valence-corrected chi connectivity index (χ1v) is 20.6. The van der Waals surface area contributed by atoms with Gasteiger partial charge in [-0.3, -0.25) is 19.8 Å². The summed E-state index contributed by atoms with van der Waals surface area (Å²) in [6, 6.07) is 23.4. The van der Waals surface area contributed by atoms with E-state index in [1.54, 1.807) is 0 Å². The van der Waals surface area contributed by atoms with Crippen LogP contribution in [0.15, 0.2) is 72.8 Å². The summed E-state index contributed by atoms with van der Waals surface area (Å²) in [6.45, 7) is 13.1. The van der Waals surface area contributed by atoms with E-state index in [0.717, 1.165) is 70.6 Å². The number of nitrogens with one attached hydrogen (secondary N) is 1. The van der Waals surface area contributed by atoms with Crippen LogP contribution in [0, 0.1) is 18.8 Å². The van der Waals surface area contributed by atoms with Crippen molar-refractivity contribution in [2.24, 2.45) is 11.8 Å². The van der Waals surface area contributed by atoms with Crippen LogP contribution in [-0.2, 0) is 22.5 Å². The van der Waals surface area contributed by atoms with Crippen molar-refractivity contribution in [1.29, 1.82) is 0 Å². The zero-order valence-corrected chi connectivity index (χ0v) is 34.2. The number of piperidine rings is 1. The molecule has 3 aromatic carbocycles. The van der Waals surface area contributed by atoms with Crippen molar-refractivity contribution in [2.75, 3.05) is 43.0 Å². The second-order valence-corrected chi connectivity index (χ2v) is 17.3. The third-order valence-electron chi connectivity index (χ3n) is 10.7. The highest BCUT2D eigenvalue weighted by Crippen LogP contribution is 2.36. The number of carboxylic acid groups (broad SMARTS) is 1. The Balaban J connectivity index is 1.09. The van der Waals surface area contributed by atoms with Crippen LogP contribution >= 0.6 is 11.3 Å². The highest BCUT2D eigenvalue weighted by molar-refractivity contribution is 7.22. The van der Waals surface area contributed by atoms with Crippen molar-refractivity contribution >= 4 is 50.3 Å². The van der Waals surface area contributed by atoms with Crippen LogP contribution in [0.3, 0.4) is 0 Å². The zero-order chi connectivity index (χ0) is 40.3. The number of hydrogen-bond acceptors (Lipinski definition) is 10. The van der Waals surface area contributed by atoms with Gasteiger partial charge in [-0.05, 0) is 137 Å². The van der Waals surface area contributed by atoms with Crippen LogP contribution in [-0.4, -0.2) is 76.2 Å². The van der Waals surface area contributed by atoms with Gasteiger partial charge in [0.2, 0.25) is 0 Å². The zero-order valence-electron chi connectivity index (χ0n) is 33.3. The van der Waals surface area contributed by atoms with Crippen molar-refractivity contribution < 1.29 is 29.0 Å². The predicted molar refractivity (Wildman–Crippen MR) is 224 cm³/mol. The number of pyridine rings is 1. The van der Waals surface area contributed by atoms with Crippen molar-refractivity contribution in [3.05, 3.63) is 101 Å². The fourth-order valence-corrected chi connectivity index (χ4v) is 8.77. The third-order valence-corrected chi connectivity index (χ3v) is 11.7. The number of ether oxygens (including phenoxy) is 2. The molecule has 2 aliphatic rings. The summed E-state index contributed by atoms with van der Waals surface area (Å²) in [6.07, 6.45) is 3.72. The monoisotopic (exact) mass is 789 g/mol. The van der Waals surface area contributed by atoms with Crippen molar-refractivity contribution in [3.8, 4) is 16.9 Å². The van der Waals surface area contributed by atoms with E-state index in [9.17, 15) is 14.4 Å². The van der Waals surface area contributed by atoms with Gasteiger partial charge >= 0.3 is 11.9 Å². The Kier molecular flexibility index (Phi) is 11.9. The summed E-state index contributed by atoms with van der Waals surface area (Å²) in [5.74, 6) is 0.736. The van der Waals surface area contributed by atoms with Gasteiger partial charge in [-0.15, -0.1) is 0 Å². The topological polar surface area (TPSA) is 134 Å². The first-order chi connectivity index (χ1) is 27.3. The van der Waals surface area contributed by atoms with Gasteiger partial charge in [0.15, 0.2) is 10.8 Å². The Labute approximate surface area is 338 Å². The lowest BCUT2D eigenvalue weighted by Gasteiger charge is -2.32. The molecular weight excluding hydrogens is 739 g/mol. The highest BCUT2D eigenvalue weighted by Gasteiger charge is 2.28. The number of amides is 1. The number of nitrogens with zero attached hydrogens (tertiary/aromatic N) is 4. The molecular formula is C45H51N5O6S. The molecule has 2 aromatic heterocycles. The molecule has 0 radical (unpaired) electrons. The quantitative estimate of drug-likeness (QED) is 0.118. The van der Waals surface area contributed by atoms with Crippen molar-refractivity contribution in [3.63, 3.8) is 0 Å². The normalized spacial score (nSPS) is 15.6. The van der Waals surface area contributed by atoms with Gasteiger partial charge in [-0.1, -0.05) is 54.7 Å². The van der Waals surface area contributed by atoms with Crippen LogP contribution in [0.5, 0.6) is 5.75 Å². The van der Waals surface area contributed by atoms with E-state index < -0.39 is 17.5 Å². The number of carbonyl (C=O) groups excluding carboxylic acids is 2. The molecule has 12 heteroatoms. The van der Waals surface area contributed by atoms with Crippen molar-refractivity contribution in [1.82, 2.24) is 14.9 Å². The van der Waals surface area contributed by atoms with Gasteiger partial charge in [-0.2, -0.15) is 0 Å². The fraction of sp³-hybridized carbons (Fsp3) is 0.400. The smallest absolute Gasteiger partial charge is 0.358 e. The molecule has 0 aliphatic carbocycles. The first kappa shape index (κ1) is 39.9. The van der Waals surface area contributed by atoms with Gasteiger partial charge < -0.3 is 19.5 Å². The second-order valence-electron chi connectivity index (χ2n) is 16.3. The largest absolute Gasteiger partial charge is 0.493 e. The maximum absolute atomic E-state index is 13.9. The molecule has 2 aliphatic heterocycles. The van der Waals surface area contributed by atoms with E-state index in [4.69, 9.17) is 19.6 Å². The molecule has 4 heterocycles. The van der Waals surface area contributed by atoms with Gasteiger partial charge in [0.25, 0.3) is 5.91 Å². The Hall–Kier alpha value is -5.33. The van der Waals surface area contributed by atoms with Crippen LogP contribution in [0.2, 0.25) is 0 Å². The summed E-state index contributed by atoms with van der Waals surface area (Å²) in [4.78, 5) is 52.4. The Morgan fingerprint density at radius 3 is 2.47 bits per heavy atom. The van der Waals surface area contributed by atoms with Gasteiger partial charge in [-0.25, -0.2) is 14.8 Å². The number of thiazole rings is 1. The Morgan fingerprint density at radius 2 is 1.72 bits per heavy atom. The van der Waals surface area contributed by atoms with E-state index in [-0.39, 0.29) is 18.1 Å². The number of aliphatic carboxylic acids is 1. The number of fused-ring (bicyclic) bond motifs is 2. The molecule has 5 aromatic rings. The Morgan fingerprint density at radius 1 is 0.947 bits per heavy atom. The average molecular weight is 790 g/mol. The molecule has 1 amide bonds. The maximum atomic E-state index is 13.9. The minimum absolute atomic E-state index is 0.107. The van der Waals surface area contributed by atoms with E-state index in [1.807, 2.05) is 99.3 Å². The van der Waals surface area contributed by atoms with Crippen molar-refractivity contribution in [2.45, 2.75) is 72.4 Å². The number of esters is 1. The number of carbonyl (C=O) groups is 3. The molecule has 0 saturated carbocycles. The molecule has 298 valence electrons. The molecule has 1 atom stereocenters. The maximum Gasteiger partial charge on any atom is 0.358 e. The van der Waals surface area contributed by atoms with Crippen LogP contribution in [0.4, 0.5) is 10.9 Å². The lowest BCUT2D eigenvalue weighted by molar-refractivity contribution is -0.138. The number of hydrogen-bond donors (Lipinski definition) is 2. The number of carboxylic acids is 1. The summed E-state index contributed by atoms with van der Waals surface area (Å²) >= 11 is 1.45. The lowest BCUT2D eigenvalue weighted by atomic mass is 9.88. The molecule has 2 N–H and O–H groups in total. The summed E-state index contributed by atoms with van der Waals surface area (Å²) in [5, 5.41) is 12.7. The lowest BCUT2D eigenvalue weighted by Crippen LogP contribution is -2.37. The third kappa shape index (κ3) is 9.62. The molecule has 57 heavy (non-hydrogen) atoms.